The van der Waals surface area contributed by atoms with Crippen LogP contribution >= 0.6 is 21.6 Å². The number of hydrogen-bond acceptors (Lipinski definition) is 17. The fraction of sp³-hybridized carbons (Fsp3) is 0.600. The molecule has 63 heavy (non-hydrogen) atoms. The normalized spacial score (nSPS) is 17.5. The molecule has 3 aromatic rings. The number of ether oxygens (including phenoxy) is 9. The molecule has 2 unspecified atom stereocenters. The highest BCUT2D eigenvalue weighted by Gasteiger charge is 2.50. The van der Waals surface area contributed by atoms with Crippen LogP contribution in [-0.4, -0.2) is 124 Å². The number of hydrogen-bond donors (Lipinski definition) is 0. The van der Waals surface area contributed by atoms with Crippen LogP contribution in [-0.2, 0) is 80.6 Å². The van der Waals surface area contributed by atoms with Crippen LogP contribution in [0.1, 0.15) is 81.4 Å². The number of pyridine rings is 2. The van der Waals surface area contributed by atoms with Gasteiger partial charge < -0.3 is 47.2 Å². The number of para-hydroxylation sites is 1. The van der Waals surface area contributed by atoms with Crippen molar-refractivity contribution in [1.29, 1.82) is 0 Å². The van der Waals surface area contributed by atoms with Crippen LogP contribution in [0, 0.1) is 0 Å². The molecule has 5 heterocycles. The van der Waals surface area contributed by atoms with E-state index in [0.29, 0.717) is 89.4 Å². The maximum absolute atomic E-state index is 13.7. The number of carbonyl (C=O) groups excluding carboxylic acids is 4. The lowest BCUT2D eigenvalue weighted by Gasteiger charge is -2.35. The second-order valence-corrected chi connectivity index (χ2v) is 18.0. The number of benzene rings is 1. The van der Waals surface area contributed by atoms with Gasteiger partial charge in [0, 0.05) is 46.8 Å². The van der Waals surface area contributed by atoms with E-state index in [1.165, 1.54) is 18.6 Å². The fourth-order valence-electron chi connectivity index (χ4n) is 7.47. The van der Waals surface area contributed by atoms with Gasteiger partial charge in [0.2, 0.25) is 5.60 Å². The summed E-state index contributed by atoms with van der Waals surface area (Å²) in [5.74, 6) is -0.888. The third kappa shape index (κ3) is 14.0. The van der Waals surface area contributed by atoms with Crippen molar-refractivity contribution in [1.82, 2.24) is 9.55 Å². The molecule has 0 saturated carbocycles. The summed E-state index contributed by atoms with van der Waals surface area (Å²) >= 11 is 0. The minimum atomic E-state index is -1.81. The van der Waals surface area contributed by atoms with Gasteiger partial charge in [0.15, 0.2) is 0 Å². The Morgan fingerprint density at radius 2 is 1.38 bits per heavy atom. The lowest BCUT2D eigenvalue weighted by Crippen LogP contribution is -2.47. The van der Waals surface area contributed by atoms with E-state index in [2.05, 4.69) is 0 Å². The van der Waals surface area contributed by atoms with E-state index in [4.69, 9.17) is 47.6 Å². The molecule has 16 nitrogen and oxygen atoms in total. The molecular weight excluding hydrogens is 857 g/mol. The van der Waals surface area contributed by atoms with E-state index in [9.17, 15) is 24.0 Å². The van der Waals surface area contributed by atoms with Crippen LogP contribution in [0.4, 0.5) is 0 Å². The van der Waals surface area contributed by atoms with E-state index in [1.54, 1.807) is 17.6 Å². The zero-order valence-corrected chi connectivity index (χ0v) is 37.6. The SMILES string of the molecule is CCC1(OC(=O)CCCC(=O)OCCOCCOCCOCCOCCOCCOC(=O)CCCCC2CCSS2)C(=O)OCc2c1cc1n(c2=O)Cc2cc3ccccc3nc2-1. The molecule has 18 heteroatoms. The number of aromatic nitrogens is 2. The molecule has 1 fully saturated rings. The molecule has 0 spiro atoms. The smallest absolute Gasteiger partial charge is 0.355 e. The van der Waals surface area contributed by atoms with E-state index in [0.717, 1.165) is 34.6 Å². The highest BCUT2D eigenvalue weighted by atomic mass is 33.1. The predicted molar refractivity (Wildman–Crippen MR) is 235 cm³/mol. The van der Waals surface area contributed by atoms with Gasteiger partial charge >= 0.3 is 23.9 Å². The van der Waals surface area contributed by atoms with Gasteiger partial charge in [-0.05, 0) is 50.3 Å². The number of cyclic esters (lactones) is 1. The fourth-order valence-corrected chi connectivity index (χ4v) is 10.5. The summed E-state index contributed by atoms with van der Waals surface area (Å²) in [4.78, 5) is 69.1. The quantitative estimate of drug-likeness (QED) is 0.0280. The van der Waals surface area contributed by atoms with Crippen LogP contribution in [0.5, 0.6) is 0 Å². The van der Waals surface area contributed by atoms with E-state index in [-0.39, 0.29) is 69.2 Å². The molecular formula is C45H58N2O14S2. The first-order chi connectivity index (χ1) is 30.8. The Kier molecular flexibility index (Phi) is 19.6. The van der Waals surface area contributed by atoms with Gasteiger partial charge in [-0.1, -0.05) is 53.1 Å². The van der Waals surface area contributed by atoms with Crippen molar-refractivity contribution in [2.24, 2.45) is 0 Å². The number of nitrogens with zero attached hydrogens (tertiary/aromatic N) is 2. The maximum Gasteiger partial charge on any atom is 0.355 e. The van der Waals surface area contributed by atoms with Gasteiger partial charge in [-0.25, -0.2) is 9.78 Å². The van der Waals surface area contributed by atoms with Gasteiger partial charge in [0.25, 0.3) is 5.56 Å². The van der Waals surface area contributed by atoms with Crippen LogP contribution in [0.15, 0.2) is 41.2 Å². The monoisotopic (exact) mass is 914 g/mol. The zero-order chi connectivity index (χ0) is 44.3. The minimum Gasteiger partial charge on any atom is -0.463 e. The molecule has 0 bridgehead atoms. The van der Waals surface area contributed by atoms with Crippen LogP contribution in [0.3, 0.4) is 0 Å². The number of carbonyl (C=O) groups is 4. The Balaban J connectivity index is 0.751. The van der Waals surface area contributed by atoms with E-state index in [1.807, 2.05) is 51.9 Å². The molecule has 1 saturated heterocycles. The van der Waals surface area contributed by atoms with Gasteiger partial charge in [0.05, 0.1) is 95.1 Å². The van der Waals surface area contributed by atoms with Crippen molar-refractivity contribution >= 4 is 56.4 Å². The number of rotatable bonds is 29. The molecule has 344 valence electrons. The van der Waals surface area contributed by atoms with Crippen molar-refractivity contribution in [3.63, 3.8) is 0 Å². The molecule has 6 rings (SSSR count). The second-order valence-electron chi connectivity index (χ2n) is 15.2. The standard InChI is InChI=1S/C45H58N2O14S2/c1-2-45(36-29-38-42-33(28-32-8-3-5-10-37(32)46-42)30-47(38)43(51)35(36)31-60-44(45)52)61-41(50)13-7-12-40(49)59-26-24-57-22-20-55-18-16-53-15-17-54-19-21-56-23-25-58-39(48)11-6-4-9-34-14-27-62-63-34/h3,5,8,10,28-29,34H,2,4,6-7,9,11-27,30-31H2,1H3. The average molecular weight is 915 g/mol. The summed E-state index contributed by atoms with van der Waals surface area (Å²) in [6, 6.07) is 11.4. The Morgan fingerprint density at radius 3 is 2.00 bits per heavy atom. The Hall–Kier alpha value is -4.04. The van der Waals surface area contributed by atoms with E-state index < -0.39 is 23.5 Å². The van der Waals surface area contributed by atoms with Crippen LogP contribution in [0.25, 0.3) is 22.3 Å². The molecule has 2 atom stereocenters. The molecule has 0 N–H and O–H groups in total. The van der Waals surface area contributed by atoms with E-state index >= 15 is 0 Å². The third-order valence-corrected chi connectivity index (χ3v) is 13.8. The first kappa shape index (κ1) is 48.4. The molecule has 3 aliphatic heterocycles. The predicted octanol–water partition coefficient (Wildman–Crippen LogP) is 5.68. The minimum absolute atomic E-state index is 0.0410. The van der Waals surface area contributed by atoms with Gasteiger partial charge in [-0.2, -0.15) is 0 Å². The zero-order valence-electron chi connectivity index (χ0n) is 35.9. The van der Waals surface area contributed by atoms with Crippen molar-refractivity contribution in [3.8, 4) is 11.4 Å². The number of unbranched alkanes of at least 4 members (excludes halogenated alkanes) is 1. The lowest BCUT2D eigenvalue weighted by molar-refractivity contribution is -0.189. The molecule has 0 aliphatic carbocycles. The van der Waals surface area contributed by atoms with Gasteiger partial charge in [-0.3, -0.25) is 19.2 Å². The Labute approximate surface area is 375 Å². The molecule has 2 aromatic heterocycles. The summed E-state index contributed by atoms with van der Waals surface area (Å²) in [6.07, 6.45) is 4.82. The summed E-state index contributed by atoms with van der Waals surface area (Å²) < 4.78 is 50.7. The summed E-state index contributed by atoms with van der Waals surface area (Å²) in [5.41, 5.74) is 1.27. The molecule has 1 aromatic carbocycles. The maximum atomic E-state index is 13.7. The first-order valence-corrected chi connectivity index (χ1v) is 24.2. The molecule has 0 amide bonds. The average Bonchev–Trinajstić information content (AvgIpc) is 3.94. The summed E-state index contributed by atoms with van der Waals surface area (Å²) in [7, 11) is 3.91. The van der Waals surface area contributed by atoms with Crippen molar-refractivity contribution in [3.05, 3.63) is 63.4 Å². The van der Waals surface area contributed by atoms with Crippen molar-refractivity contribution in [2.75, 3.05) is 85.0 Å². The topological polar surface area (TPSA) is 186 Å². The molecule has 0 radical (unpaired) electrons. The summed E-state index contributed by atoms with van der Waals surface area (Å²) in [5, 5.41) is 1.70. The highest BCUT2D eigenvalue weighted by molar-refractivity contribution is 8.77. The van der Waals surface area contributed by atoms with Gasteiger partial charge in [0.1, 0.15) is 19.8 Å². The second kappa shape index (κ2) is 25.4. The van der Waals surface area contributed by atoms with Crippen molar-refractivity contribution < 1.29 is 61.8 Å². The first-order valence-electron chi connectivity index (χ1n) is 21.8. The Bertz CT molecular complexity index is 2060. The lowest BCUT2D eigenvalue weighted by atomic mass is 9.85. The Morgan fingerprint density at radius 1 is 0.778 bits per heavy atom. The van der Waals surface area contributed by atoms with Crippen LogP contribution < -0.4 is 5.56 Å². The summed E-state index contributed by atoms with van der Waals surface area (Å²) in [6.45, 7) is 5.71. The van der Waals surface area contributed by atoms with Crippen molar-refractivity contribution in [2.45, 2.75) is 88.7 Å². The highest BCUT2D eigenvalue weighted by Crippen LogP contribution is 2.42. The number of fused-ring (bicyclic) bond motifs is 5. The number of esters is 4. The van der Waals surface area contributed by atoms with Gasteiger partial charge in [-0.15, -0.1) is 0 Å². The largest absolute Gasteiger partial charge is 0.463 e. The third-order valence-electron chi connectivity index (χ3n) is 10.8. The molecule has 3 aliphatic rings. The van der Waals surface area contributed by atoms with Crippen LogP contribution in [0.2, 0.25) is 0 Å².